The summed E-state index contributed by atoms with van der Waals surface area (Å²) >= 11 is 6.52. The number of aliphatic hydroxyl groups excluding tert-OH is 1. The van der Waals surface area contributed by atoms with Crippen molar-refractivity contribution in [2.45, 2.75) is 44.5 Å². The first-order valence-corrected chi connectivity index (χ1v) is 19.6. The summed E-state index contributed by atoms with van der Waals surface area (Å²) in [4.78, 5) is 59.7. The summed E-state index contributed by atoms with van der Waals surface area (Å²) in [5.74, 6) is -0.0651. The van der Waals surface area contributed by atoms with Crippen molar-refractivity contribution in [1.82, 2.24) is 15.2 Å². The van der Waals surface area contributed by atoms with E-state index in [1.807, 2.05) is 31.2 Å². The Labute approximate surface area is 340 Å². The van der Waals surface area contributed by atoms with Gasteiger partial charge < -0.3 is 58.4 Å². The highest BCUT2D eigenvalue weighted by atomic mass is 35.5. The Morgan fingerprint density at radius 3 is 2.41 bits per heavy atom. The van der Waals surface area contributed by atoms with E-state index in [1.54, 1.807) is 28.0 Å². The molecule has 17 heteroatoms. The van der Waals surface area contributed by atoms with Crippen LogP contribution in [-0.2, 0) is 23.8 Å². The number of alkyl halides is 1. The Morgan fingerprint density at radius 2 is 1.74 bits per heavy atom. The van der Waals surface area contributed by atoms with Gasteiger partial charge in [0.15, 0.2) is 17.8 Å². The number of rotatable bonds is 17. The summed E-state index contributed by atoms with van der Waals surface area (Å²) in [6.07, 6.45) is -1.11. The quantitative estimate of drug-likeness (QED) is 0.0563. The number of alkyl carbamates (subject to hydrolysis) is 1. The van der Waals surface area contributed by atoms with Crippen LogP contribution in [0.3, 0.4) is 0 Å². The number of hydrogen-bond donors (Lipinski definition) is 3. The maximum absolute atomic E-state index is 14.3. The number of halogens is 1. The number of esters is 1. The van der Waals surface area contributed by atoms with Crippen LogP contribution in [0.4, 0.5) is 10.5 Å². The largest absolute Gasteiger partial charge is 0.493 e. The molecule has 3 unspecified atom stereocenters. The first-order chi connectivity index (χ1) is 28.1. The van der Waals surface area contributed by atoms with E-state index in [2.05, 4.69) is 10.3 Å². The topological polar surface area (TPSA) is 187 Å². The van der Waals surface area contributed by atoms with E-state index >= 15 is 0 Å². The van der Waals surface area contributed by atoms with Crippen LogP contribution in [0.2, 0.25) is 0 Å². The van der Waals surface area contributed by atoms with Crippen LogP contribution in [0.5, 0.6) is 23.0 Å². The number of fused-ring (bicyclic) bond motifs is 4. The monoisotopic (exact) mass is 824 g/mol. The molecule has 1 saturated heterocycles. The lowest BCUT2D eigenvalue weighted by atomic mass is 9.95. The number of carbonyl (C=O) groups excluding carboxylic acids is 4. The second-order valence-electron chi connectivity index (χ2n) is 13.9. The van der Waals surface area contributed by atoms with Gasteiger partial charge in [0.25, 0.3) is 5.91 Å². The second-order valence-corrected chi connectivity index (χ2v) is 14.3. The molecule has 0 radical (unpaired) electrons. The van der Waals surface area contributed by atoms with Crippen molar-refractivity contribution in [2.24, 2.45) is 5.92 Å². The number of ether oxygens (including phenoxy) is 7. The molecule has 2 aliphatic rings. The van der Waals surface area contributed by atoms with Gasteiger partial charge in [-0.15, -0.1) is 11.6 Å². The zero-order valence-electron chi connectivity index (χ0n) is 33.1. The first-order valence-electron chi connectivity index (χ1n) is 19.0. The van der Waals surface area contributed by atoms with Gasteiger partial charge in [-0.2, -0.15) is 0 Å². The van der Waals surface area contributed by atoms with Crippen LogP contribution < -0.4 is 29.2 Å². The number of hydrogen-bond acceptors (Lipinski definition) is 12. The number of aliphatic hydroxyl groups is 1. The number of H-pyrrole nitrogens is 1. The third kappa shape index (κ3) is 8.74. The maximum Gasteiger partial charge on any atom is 0.407 e. The van der Waals surface area contributed by atoms with Crippen molar-refractivity contribution in [2.75, 3.05) is 78.6 Å². The predicted molar refractivity (Wildman–Crippen MR) is 214 cm³/mol. The molecule has 3 heterocycles. The second kappa shape index (κ2) is 19.0. The number of amides is 3. The Bertz CT molecular complexity index is 2140. The Morgan fingerprint density at radius 1 is 0.983 bits per heavy atom. The number of nitrogens with one attached hydrogen (secondary N) is 2. The normalized spacial score (nSPS) is 17.2. The number of benzene rings is 3. The lowest BCUT2D eigenvalue weighted by molar-refractivity contribution is -0.181. The average Bonchev–Trinajstić information content (AvgIpc) is 4.00. The molecule has 16 nitrogen and oxygen atoms in total. The molecular weight excluding hydrogens is 776 g/mol. The van der Waals surface area contributed by atoms with Crippen LogP contribution in [0, 0.1) is 5.92 Å². The fourth-order valence-electron chi connectivity index (χ4n) is 7.46. The van der Waals surface area contributed by atoms with Crippen LogP contribution in [0.1, 0.15) is 48.2 Å². The molecule has 0 saturated carbocycles. The van der Waals surface area contributed by atoms with E-state index in [-0.39, 0.29) is 62.1 Å². The van der Waals surface area contributed by atoms with Gasteiger partial charge in [0.1, 0.15) is 18.1 Å². The van der Waals surface area contributed by atoms with Crippen molar-refractivity contribution in [3.8, 4) is 23.0 Å². The summed E-state index contributed by atoms with van der Waals surface area (Å²) in [6, 6.07) is 12.7. The minimum atomic E-state index is -0.851. The molecule has 3 aromatic carbocycles. The molecule has 2 aliphatic heterocycles. The van der Waals surface area contributed by atoms with Crippen molar-refractivity contribution >= 4 is 62.8 Å². The van der Waals surface area contributed by atoms with Gasteiger partial charge in [-0.25, -0.2) is 4.79 Å². The minimum absolute atomic E-state index is 0.00516. The van der Waals surface area contributed by atoms with Gasteiger partial charge in [-0.1, -0.05) is 31.2 Å². The minimum Gasteiger partial charge on any atom is -0.493 e. The van der Waals surface area contributed by atoms with Gasteiger partial charge in [-0.3, -0.25) is 14.4 Å². The summed E-state index contributed by atoms with van der Waals surface area (Å²) < 4.78 is 38.6. The standard InChI is InChI=1S/C41H49ClN4O12/c1-6-26(21-47)57-34(53-3)22-56-41(51)43-13-11-33(48)45-14-12-23(19-45)40(50)58-31-17-30-35(28-10-8-7-9-27(28)31)25(18-42)20-46(30)39(49)29-15-24-16-32(52-2)37(54-4)38(55-5)36(24)44-29/h7-10,15-17,23,25-26,34,44,47H,6,11-14,18-22H2,1-5H3,(H,43,51)/t23?,25-,26?,34?/m1/s1. The smallest absolute Gasteiger partial charge is 0.407 e. The summed E-state index contributed by atoms with van der Waals surface area (Å²) in [5.41, 5.74) is 2.32. The third-order valence-corrected chi connectivity index (χ3v) is 10.9. The van der Waals surface area contributed by atoms with Crippen LogP contribution >= 0.6 is 11.6 Å². The Hall–Kier alpha value is -5.29. The molecular formula is C41H49ClN4O12. The molecule has 1 fully saturated rings. The van der Waals surface area contributed by atoms with Gasteiger partial charge in [-0.05, 0) is 35.9 Å². The van der Waals surface area contributed by atoms with E-state index in [0.29, 0.717) is 70.9 Å². The van der Waals surface area contributed by atoms with Crippen molar-refractivity contribution in [1.29, 1.82) is 0 Å². The SMILES string of the molecule is CCC(CO)OC(COC(=O)NCCC(=O)N1CCC(C(=O)Oc2cc3c(c4ccccc24)[C@H](CCl)CN3C(=O)c2cc3cc(OC)c(OC)c(OC)c3[nH]2)C1)OC. The van der Waals surface area contributed by atoms with Crippen LogP contribution in [-0.4, -0.2) is 125 Å². The molecule has 312 valence electrons. The summed E-state index contributed by atoms with van der Waals surface area (Å²) in [6.45, 7) is 2.27. The highest BCUT2D eigenvalue weighted by molar-refractivity contribution is 6.19. The lowest BCUT2D eigenvalue weighted by Crippen LogP contribution is -2.36. The maximum atomic E-state index is 14.3. The molecule has 0 bridgehead atoms. The van der Waals surface area contributed by atoms with Gasteiger partial charge in [0.05, 0.1) is 51.2 Å². The Kier molecular flexibility index (Phi) is 13.8. The van der Waals surface area contributed by atoms with E-state index in [4.69, 9.17) is 44.8 Å². The van der Waals surface area contributed by atoms with E-state index in [1.165, 1.54) is 28.4 Å². The first kappa shape index (κ1) is 42.3. The highest BCUT2D eigenvalue weighted by Crippen LogP contribution is 2.47. The van der Waals surface area contributed by atoms with Gasteiger partial charge in [0.2, 0.25) is 11.7 Å². The Balaban J connectivity index is 1.13. The number of aromatic amines is 1. The number of anilines is 1. The van der Waals surface area contributed by atoms with Crippen LogP contribution in [0.15, 0.2) is 42.5 Å². The van der Waals surface area contributed by atoms with Crippen molar-refractivity contribution < 1.29 is 57.4 Å². The summed E-state index contributed by atoms with van der Waals surface area (Å²) in [5, 5.41) is 14.1. The number of carbonyl (C=O) groups is 4. The molecule has 4 atom stereocenters. The lowest BCUT2D eigenvalue weighted by Gasteiger charge is -2.21. The van der Waals surface area contributed by atoms with Gasteiger partial charge in [0, 0.05) is 68.3 Å². The number of methoxy groups -OCH3 is 4. The van der Waals surface area contributed by atoms with Crippen molar-refractivity contribution in [3.05, 3.63) is 53.7 Å². The molecule has 6 rings (SSSR count). The van der Waals surface area contributed by atoms with E-state index in [0.717, 1.165) is 10.9 Å². The molecule has 0 aliphatic carbocycles. The molecule has 4 aromatic rings. The molecule has 3 N–H and O–H groups in total. The fraction of sp³-hybridized carbons (Fsp3) is 0.463. The molecule has 0 spiro atoms. The summed E-state index contributed by atoms with van der Waals surface area (Å²) in [7, 11) is 5.94. The highest BCUT2D eigenvalue weighted by Gasteiger charge is 2.37. The zero-order chi connectivity index (χ0) is 41.5. The zero-order valence-corrected chi connectivity index (χ0v) is 33.9. The van der Waals surface area contributed by atoms with E-state index < -0.39 is 30.4 Å². The third-order valence-electron chi connectivity index (χ3n) is 10.5. The van der Waals surface area contributed by atoms with Crippen molar-refractivity contribution in [3.63, 3.8) is 0 Å². The molecule has 1 aromatic heterocycles. The van der Waals surface area contributed by atoms with E-state index in [9.17, 15) is 24.3 Å². The number of aromatic nitrogens is 1. The van der Waals surface area contributed by atoms with Gasteiger partial charge >= 0.3 is 12.1 Å². The number of likely N-dealkylation sites (tertiary alicyclic amines) is 1. The average molecular weight is 825 g/mol. The molecule has 58 heavy (non-hydrogen) atoms. The number of nitrogens with zero attached hydrogens (tertiary/aromatic N) is 2. The van der Waals surface area contributed by atoms with Crippen LogP contribution in [0.25, 0.3) is 21.7 Å². The fourth-order valence-corrected chi connectivity index (χ4v) is 7.71. The predicted octanol–water partition coefficient (Wildman–Crippen LogP) is 4.96. The molecule has 3 amide bonds.